The third kappa shape index (κ3) is 5.11. The molecule has 7 heteroatoms. The van der Waals surface area contributed by atoms with Gasteiger partial charge in [-0.25, -0.2) is 0 Å². The average molecular weight is 335 g/mol. The van der Waals surface area contributed by atoms with Crippen molar-refractivity contribution in [2.75, 3.05) is 26.2 Å². The van der Waals surface area contributed by atoms with E-state index in [2.05, 4.69) is 10.6 Å². The van der Waals surface area contributed by atoms with E-state index in [1.54, 1.807) is 11.0 Å². The van der Waals surface area contributed by atoms with Crippen molar-refractivity contribution in [1.29, 1.82) is 0 Å². The lowest BCUT2D eigenvalue weighted by Crippen LogP contribution is -2.43. The van der Waals surface area contributed by atoms with Gasteiger partial charge < -0.3 is 20.0 Å². The summed E-state index contributed by atoms with van der Waals surface area (Å²) in [5.41, 5.74) is 0.538. The highest BCUT2D eigenvalue weighted by atomic mass is 16.3. The van der Waals surface area contributed by atoms with Gasteiger partial charge in [0.05, 0.1) is 11.8 Å². The molecule has 0 spiro atoms. The van der Waals surface area contributed by atoms with Gasteiger partial charge in [0.2, 0.25) is 11.8 Å². The second kappa shape index (κ2) is 9.10. The van der Waals surface area contributed by atoms with Crippen LogP contribution in [0.3, 0.4) is 0 Å². The Morgan fingerprint density at radius 3 is 2.58 bits per heavy atom. The summed E-state index contributed by atoms with van der Waals surface area (Å²) in [4.78, 5) is 37.5. The molecule has 1 aromatic rings. The van der Waals surface area contributed by atoms with Crippen LogP contribution in [0.25, 0.3) is 0 Å². The second-order valence-corrected chi connectivity index (χ2v) is 5.97. The lowest BCUT2D eigenvalue weighted by Gasteiger charge is -2.31. The van der Waals surface area contributed by atoms with Crippen molar-refractivity contribution >= 4 is 17.7 Å². The number of hydrogen-bond donors (Lipinski definition) is 2. The number of amides is 3. The molecule has 1 fully saturated rings. The summed E-state index contributed by atoms with van der Waals surface area (Å²) in [7, 11) is 0. The molecule has 0 bridgehead atoms. The molecule has 132 valence electrons. The van der Waals surface area contributed by atoms with Crippen molar-refractivity contribution in [2.45, 2.75) is 32.6 Å². The van der Waals surface area contributed by atoms with E-state index in [0.717, 1.165) is 6.42 Å². The summed E-state index contributed by atoms with van der Waals surface area (Å²) in [6, 6.07) is 1.64. The third-order valence-electron chi connectivity index (χ3n) is 4.14. The summed E-state index contributed by atoms with van der Waals surface area (Å²) >= 11 is 0. The number of hydrogen-bond acceptors (Lipinski definition) is 4. The van der Waals surface area contributed by atoms with E-state index in [1.165, 1.54) is 12.5 Å². The van der Waals surface area contributed by atoms with Gasteiger partial charge in [0.15, 0.2) is 0 Å². The number of nitrogens with one attached hydrogen (secondary N) is 2. The van der Waals surface area contributed by atoms with Crippen molar-refractivity contribution in [3.05, 3.63) is 24.2 Å². The van der Waals surface area contributed by atoms with Crippen LogP contribution in [0.15, 0.2) is 23.0 Å². The van der Waals surface area contributed by atoms with Crippen LogP contribution >= 0.6 is 0 Å². The Bertz CT molecular complexity index is 548. The Kier molecular flexibility index (Phi) is 6.84. The molecule has 1 aliphatic heterocycles. The first-order chi connectivity index (χ1) is 11.6. The topological polar surface area (TPSA) is 91.7 Å². The van der Waals surface area contributed by atoms with Gasteiger partial charge >= 0.3 is 0 Å². The zero-order valence-electron chi connectivity index (χ0n) is 14.0. The van der Waals surface area contributed by atoms with E-state index in [1.807, 2.05) is 6.92 Å². The van der Waals surface area contributed by atoms with Crippen molar-refractivity contribution in [3.63, 3.8) is 0 Å². The first-order valence-electron chi connectivity index (χ1n) is 8.47. The minimum Gasteiger partial charge on any atom is -0.472 e. The van der Waals surface area contributed by atoms with E-state index >= 15 is 0 Å². The summed E-state index contributed by atoms with van der Waals surface area (Å²) in [6.45, 7) is 4.11. The van der Waals surface area contributed by atoms with Gasteiger partial charge in [-0.05, 0) is 25.3 Å². The number of furan rings is 1. The van der Waals surface area contributed by atoms with Gasteiger partial charge in [-0.2, -0.15) is 0 Å². The van der Waals surface area contributed by atoms with Crippen molar-refractivity contribution in [1.82, 2.24) is 15.5 Å². The fourth-order valence-electron chi connectivity index (χ4n) is 2.71. The molecule has 24 heavy (non-hydrogen) atoms. The molecule has 7 nitrogen and oxygen atoms in total. The monoisotopic (exact) mass is 335 g/mol. The van der Waals surface area contributed by atoms with Crippen LogP contribution in [0, 0.1) is 5.92 Å². The van der Waals surface area contributed by atoms with Crippen molar-refractivity contribution in [3.8, 4) is 0 Å². The Hall–Kier alpha value is -2.31. The Balaban J connectivity index is 1.67. The van der Waals surface area contributed by atoms with E-state index < -0.39 is 0 Å². The highest BCUT2D eigenvalue weighted by Crippen LogP contribution is 2.19. The molecule has 3 amide bonds. The SMILES string of the molecule is CCCNC(=O)CCNC(=O)C1CCN(C(=O)c2ccoc2)CC1. The Morgan fingerprint density at radius 1 is 1.21 bits per heavy atom. The van der Waals surface area contributed by atoms with E-state index in [-0.39, 0.29) is 23.6 Å². The van der Waals surface area contributed by atoms with Gasteiger partial charge in [0.25, 0.3) is 5.91 Å². The summed E-state index contributed by atoms with van der Waals surface area (Å²) in [5, 5.41) is 5.59. The molecule has 2 heterocycles. The number of likely N-dealkylation sites (tertiary alicyclic amines) is 1. The standard InChI is InChI=1S/C17H25N3O4/c1-2-7-18-15(21)3-8-19-16(22)13-4-9-20(10-5-13)17(23)14-6-11-24-12-14/h6,11-13H,2-5,7-10H2,1H3,(H,18,21)(H,19,22). The maximum atomic E-state index is 12.2. The minimum atomic E-state index is -0.0999. The average Bonchev–Trinajstić information content (AvgIpc) is 3.14. The smallest absolute Gasteiger partial charge is 0.257 e. The second-order valence-electron chi connectivity index (χ2n) is 5.97. The van der Waals surface area contributed by atoms with Gasteiger partial charge in [0, 0.05) is 38.5 Å². The fraction of sp³-hybridized carbons (Fsp3) is 0.588. The summed E-state index contributed by atoms with van der Waals surface area (Å²) in [5.74, 6) is -0.237. The van der Waals surface area contributed by atoms with Crippen LogP contribution in [0.4, 0.5) is 0 Å². The van der Waals surface area contributed by atoms with Crippen LogP contribution in [0.1, 0.15) is 43.0 Å². The molecule has 1 aliphatic rings. The van der Waals surface area contributed by atoms with E-state index in [0.29, 0.717) is 51.0 Å². The van der Waals surface area contributed by atoms with Gasteiger partial charge in [-0.15, -0.1) is 0 Å². The Labute approximate surface area is 141 Å². The van der Waals surface area contributed by atoms with Crippen molar-refractivity contribution < 1.29 is 18.8 Å². The molecular weight excluding hydrogens is 310 g/mol. The summed E-state index contributed by atoms with van der Waals surface area (Å²) in [6.07, 6.45) is 5.38. The van der Waals surface area contributed by atoms with Gasteiger partial charge in [-0.3, -0.25) is 14.4 Å². The molecule has 0 aliphatic carbocycles. The molecule has 1 aromatic heterocycles. The van der Waals surface area contributed by atoms with Gasteiger partial charge in [-0.1, -0.05) is 6.92 Å². The largest absolute Gasteiger partial charge is 0.472 e. The van der Waals surface area contributed by atoms with Crippen LogP contribution in [-0.2, 0) is 9.59 Å². The molecule has 1 saturated heterocycles. The molecule has 2 rings (SSSR count). The molecule has 2 N–H and O–H groups in total. The summed E-state index contributed by atoms with van der Waals surface area (Å²) < 4.78 is 4.93. The first-order valence-corrected chi connectivity index (χ1v) is 8.47. The zero-order valence-corrected chi connectivity index (χ0v) is 14.0. The quantitative estimate of drug-likeness (QED) is 0.782. The highest BCUT2D eigenvalue weighted by molar-refractivity contribution is 5.94. The third-order valence-corrected chi connectivity index (χ3v) is 4.14. The van der Waals surface area contributed by atoms with E-state index in [9.17, 15) is 14.4 Å². The van der Waals surface area contributed by atoms with Crippen LogP contribution in [0.2, 0.25) is 0 Å². The lowest BCUT2D eigenvalue weighted by molar-refractivity contribution is -0.126. The predicted octanol–water partition coefficient (Wildman–Crippen LogP) is 1.16. The predicted molar refractivity (Wildman–Crippen MR) is 88.3 cm³/mol. The fourth-order valence-corrected chi connectivity index (χ4v) is 2.71. The molecule has 0 saturated carbocycles. The normalized spacial score (nSPS) is 15.1. The van der Waals surface area contributed by atoms with Gasteiger partial charge in [0.1, 0.15) is 6.26 Å². The van der Waals surface area contributed by atoms with Crippen LogP contribution in [-0.4, -0.2) is 48.8 Å². The number of rotatable bonds is 7. The molecule has 0 atom stereocenters. The number of carbonyl (C=O) groups excluding carboxylic acids is 3. The maximum absolute atomic E-state index is 12.2. The zero-order chi connectivity index (χ0) is 17.4. The Morgan fingerprint density at radius 2 is 1.96 bits per heavy atom. The maximum Gasteiger partial charge on any atom is 0.257 e. The molecule has 0 aromatic carbocycles. The van der Waals surface area contributed by atoms with Crippen LogP contribution in [0.5, 0.6) is 0 Å². The van der Waals surface area contributed by atoms with Crippen molar-refractivity contribution in [2.24, 2.45) is 5.92 Å². The molecule has 0 radical (unpaired) electrons. The van der Waals surface area contributed by atoms with E-state index in [4.69, 9.17) is 4.42 Å². The molecular formula is C17H25N3O4. The lowest BCUT2D eigenvalue weighted by atomic mass is 9.95. The highest BCUT2D eigenvalue weighted by Gasteiger charge is 2.28. The van der Waals surface area contributed by atoms with Crippen LogP contribution < -0.4 is 10.6 Å². The molecule has 0 unspecified atom stereocenters. The number of nitrogens with zero attached hydrogens (tertiary/aromatic N) is 1. The minimum absolute atomic E-state index is 0.0336. The number of carbonyl (C=O) groups is 3. The first kappa shape index (κ1) is 18.0. The number of piperidine rings is 1.